The Morgan fingerprint density at radius 3 is 2.71 bits per heavy atom. The van der Waals surface area contributed by atoms with E-state index in [0.717, 1.165) is 12.3 Å². The van der Waals surface area contributed by atoms with Crippen LogP contribution in [0.4, 0.5) is 0 Å². The molecule has 0 amide bonds. The van der Waals surface area contributed by atoms with Gasteiger partial charge in [0.15, 0.2) is 0 Å². The van der Waals surface area contributed by atoms with Gasteiger partial charge in [-0.05, 0) is 37.6 Å². The van der Waals surface area contributed by atoms with Crippen LogP contribution in [0.1, 0.15) is 26.3 Å². The lowest BCUT2D eigenvalue weighted by molar-refractivity contribution is -0.0266. The first-order valence-electron chi connectivity index (χ1n) is 6.04. The van der Waals surface area contributed by atoms with Crippen LogP contribution in [-0.4, -0.2) is 24.4 Å². The second-order valence-corrected chi connectivity index (χ2v) is 4.98. The first-order valence-corrected chi connectivity index (χ1v) is 6.04. The second kappa shape index (κ2) is 6.03. The third-order valence-corrected chi connectivity index (χ3v) is 3.05. The molecule has 1 rings (SSSR count). The van der Waals surface area contributed by atoms with Crippen LogP contribution in [0.3, 0.4) is 0 Å². The molecule has 1 atom stereocenters. The number of hydrogen-bond acceptors (Lipinski definition) is 3. The van der Waals surface area contributed by atoms with Crippen molar-refractivity contribution in [1.82, 2.24) is 5.32 Å². The van der Waals surface area contributed by atoms with Crippen molar-refractivity contribution in [3.63, 3.8) is 0 Å². The van der Waals surface area contributed by atoms with Crippen LogP contribution >= 0.6 is 0 Å². The maximum absolute atomic E-state index is 10.1. The van der Waals surface area contributed by atoms with E-state index >= 15 is 0 Å². The average Bonchev–Trinajstić information content (AvgIpc) is 2.27. The summed E-state index contributed by atoms with van der Waals surface area (Å²) in [6.07, 6.45) is 0. The van der Waals surface area contributed by atoms with Crippen molar-refractivity contribution >= 4 is 0 Å². The quantitative estimate of drug-likeness (QED) is 0.797. The van der Waals surface area contributed by atoms with Gasteiger partial charge in [-0.15, -0.1) is 0 Å². The van der Waals surface area contributed by atoms with Crippen LogP contribution < -0.4 is 10.1 Å². The van der Waals surface area contributed by atoms with E-state index in [0.29, 0.717) is 6.61 Å². The van der Waals surface area contributed by atoms with Gasteiger partial charge in [-0.2, -0.15) is 0 Å². The molecule has 0 spiro atoms. The standard InChI is InChI=1S/C14H23NO2/c1-11(2)14(3,16)10-17-13-7-5-6-12(8-13)9-15-4/h5-8,11,15-16H,9-10H2,1-4H3. The summed E-state index contributed by atoms with van der Waals surface area (Å²) in [4.78, 5) is 0. The Morgan fingerprint density at radius 1 is 1.41 bits per heavy atom. The number of hydrogen-bond donors (Lipinski definition) is 2. The second-order valence-electron chi connectivity index (χ2n) is 4.98. The Bertz CT molecular complexity index is 348. The molecule has 0 bridgehead atoms. The fraction of sp³-hybridized carbons (Fsp3) is 0.571. The molecule has 1 unspecified atom stereocenters. The maximum atomic E-state index is 10.1. The van der Waals surface area contributed by atoms with Crippen LogP contribution in [0.5, 0.6) is 5.75 Å². The molecular weight excluding hydrogens is 214 g/mol. The number of rotatable bonds is 6. The van der Waals surface area contributed by atoms with Crippen molar-refractivity contribution in [1.29, 1.82) is 0 Å². The molecule has 1 aromatic carbocycles. The summed E-state index contributed by atoms with van der Waals surface area (Å²) in [6, 6.07) is 7.92. The van der Waals surface area contributed by atoms with E-state index in [4.69, 9.17) is 4.74 Å². The van der Waals surface area contributed by atoms with Gasteiger partial charge in [0.05, 0.1) is 5.60 Å². The van der Waals surface area contributed by atoms with Gasteiger partial charge in [0.25, 0.3) is 0 Å². The van der Waals surface area contributed by atoms with Gasteiger partial charge in [0, 0.05) is 6.54 Å². The Balaban J connectivity index is 2.60. The summed E-state index contributed by atoms with van der Waals surface area (Å²) in [6.45, 7) is 6.90. The van der Waals surface area contributed by atoms with Gasteiger partial charge >= 0.3 is 0 Å². The molecular formula is C14H23NO2. The summed E-state index contributed by atoms with van der Waals surface area (Å²) >= 11 is 0. The zero-order valence-electron chi connectivity index (χ0n) is 11.2. The molecule has 0 saturated heterocycles. The maximum Gasteiger partial charge on any atom is 0.119 e. The highest BCUT2D eigenvalue weighted by molar-refractivity contribution is 5.28. The molecule has 2 N–H and O–H groups in total. The fourth-order valence-corrected chi connectivity index (χ4v) is 1.35. The largest absolute Gasteiger partial charge is 0.491 e. The molecule has 0 aliphatic carbocycles. The minimum atomic E-state index is -0.793. The molecule has 3 heteroatoms. The lowest BCUT2D eigenvalue weighted by atomic mass is 9.94. The highest BCUT2D eigenvalue weighted by Crippen LogP contribution is 2.19. The van der Waals surface area contributed by atoms with Crippen LogP contribution in [-0.2, 0) is 6.54 Å². The number of ether oxygens (including phenoxy) is 1. The van der Waals surface area contributed by atoms with Gasteiger partial charge in [-0.3, -0.25) is 0 Å². The van der Waals surface area contributed by atoms with E-state index in [2.05, 4.69) is 5.32 Å². The van der Waals surface area contributed by atoms with E-state index < -0.39 is 5.60 Å². The van der Waals surface area contributed by atoms with E-state index in [-0.39, 0.29) is 5.92 Å². The van der Waals surface area contributed by atoms with Crippen molar-refractivity contribution in [2.75, 3.05) is 13.7 Å². The third kappa shape index (κ3) is 4.36. The van der Waals surface area contributed by atoms with Crippen molar-refractivity contribution in [2.45, 2.75) is 32.9 Å². The Labute approximate surface area is 104 Å². The Morgan fingerprint density at radius 2 is 2.12 bits per heavy atom. The van der Waals surface area contributed by atoms with Gasteiger partial charge in [0.2, 0.25) is 0 Å². The summed E-state index contributed by atoms with van der Waals surface area (Å²) < 4.78 is 5.64. The average molecular weight is 237 g/mol. The minimum Gasteiger partial charge on any atom is -0.491 e. The molecule has 0 radical (unpaired) electrons. The Kier molecular flexibility index (Phi) is 4.97. The molecule has 1 aromatic rings. The van der Waals surface area contributed by atoms with E-state index in [9.17, 15) is 5.11 Å². The Hall–Kier alpha value is -1.06. The molecule has 0 aliphatic heterocycles. The lowest BCUT2D eigenvalue weighted by Gasteiger charge is -2.27. The smallest absolute Gasteiger partial charge is 0.119 e. The zero-order valence-corrected chi connectivity index (χ0v) is 11.2. The number of nitrogens with one attached hydrogen (secondary N) is 1. The SMILES string of the molecule is CNCc1cccc(OCC(C)(O)C(C)C)c1. The lowest BCUT2D eigenvalue weighted by Crippen LogP contribution is -2.37. The van der Waals surface area contributed by atoms with E-state index in [1.165, 1.54) is 5.56 Å². The minimum absolute atomic E-state index is 0.169. The molecule has 17 heavy (non-hydrogen) atoms. The normalized spacial score (nSPS) is 14.7. The van der Waals surface area contributed by atoms with Crippen molar-refractivity contribution in [3.8, 4) is 5.75 Å². The van der Waals surface area contributed by atoms with Gasteiger partial charge < -0.3 is 15.2 Å². The fourth-order valence-electron chi connectivity index (χ4n) is 1.35. The van der Waals surface area contributed by atoms with Crippen LogP contribution in [0.15, 0.2) is 24.3 Å². The van der Waals surface area contributed by atoms with Gasteiger partial charge in [-0.1, -0.05) is 26.0 Å². The predicted octanol–water partition coefficient (Wildman–Crippen LogP) is 2.19. The van der Waals surface area contributed by atoms with Crippen molar-refractivity contribution in [3.05, 3.63) is 29.8 Å². The van der Waals surface area contributed by atoms with Crippen molar-refractivity contribution < 1.29 is 9.84 Å². The first-order chi connectivity index (χ1) is 7.95. The molecule has 96 valence electrons. The van der Waals surface area contributed by atoms with Gasteiger partial charge in [-0.25, -0.2) is 0 Å². The van der Waals surface area contributed by atoms with E-state index in [1.54, 1.807) is 6.92 Å². The monoisotopic (exact) mass is 237 g/mol. The van der Waals surface area contributed by atoms with Crippen LogP contribution in [0, 0.1) is 5.92 Å². The van der Waals surface area contributed by atoms with E-state index in [1.807, 2.05) is 45.2 Å². The van der Waals surface area contributed by atoms with Crippen LogP contribution in [0.25, 0.3) is 0 Å². The highest BCUT2D eigenvalue weighted by Gasteiger charge is 2.25. The first kappa shape index (κ1) is 14.0. The topological polar surface area (TPSA) is 41.5 Å². The summed E-state index contributed by atoms with van der Waals surface area (Å²) in [7, 11) is 1.91. The molecule has 0 aliphatic rings. The molecule has 0 aromatic heterocycles. The zero-order chi connectivity index (χ0) is 12.9. The van der Waals surface area contributed by atoms with Crippen LogP contribution in [0.2, 0.25) is 0 Å². The van der Waals surface area contributed by atoms with Crippen molar-refractivity contribution in [2.24, 2.45) is 5.92 Å². The number of aliphatic hydroxyl groups is 1. The molecule has 0 fully saturated rings. The van der Waals surface area contributed by atoms with Gasteiger partial charge in [0.1, 0.15) is 12.4 Å². The molecule has 0 saturated carbocycles. The highest BCUT2D eigenvalue weighted by atomic mass is 16.5. The molecule has 3 nitrogen and oxygen atoms in total. The summed E-state index contributed by atoms with van der Waals surface area (Å²) in [5, 5.41) is 13.2. The number of benzene rings is 1. The molecule has 0 heterocycles. The third-order valence-electron chi connectivity index (χ3n) is 3.05. The predicted molar refractivity (Wildman–Crippen MR) is 70.2 cm³/mol. The summed E-state index contributed by atoms with van der Waals surface area (Å²) in [5.41, 5.74) is 0.383. The summed E-state index contributed by atoms with van der Waals surface area (Å²) in [5.74, 6) is 0.974.